The summed E-state index contributed by atoms with van der Waals surface area (Å²) in [6.45, 7) is 13.3. The van der Waals surface area contributed by atoms with Gasteiger partial charge >= 0.3 is 0 Å². The average Bonchev–Trinajstić information content (AvgIpc) is 2.65. The summed E-state index contributed by atoms with van der Waals surface area (Å²) in [5, 5.41) is 2.90. The molecule has 152 valence electrons. The van der Waals surface area contributed by atoms with Crippen LogP contribution in [0.3, 0.4) is 0 Å². The van der Waals surface area contributed by atoms with E-state index in [-0.39, 0.29) is 11.3 Å². The third-order valence-electron chi connectivity index (χ3n) is 4.67. The Morgan fingerprint density at radius 1 is 1.07 bits per heavy atom. The molecule has 0 radical (unpaired) electrons. The fourth-order valence-electron chi connectivity index (χ4n) is 2.82. The van der Waals surface area contributed by atoms with Gasteiger partial charge in [0, 0.05) is 0 Å². The van der Waals surface area contributed by atoms with Crippen LogP contribution in [-0.4, -0.2) is 25.2 Å². The van der Waals surface area contributed by atoms with Gasteiger partial charge in [-0.05, 0) is 60.6 Å². The van der Waals surface area contributed by atoms with Crippen molar-refractivity contribution < 1.29 is 14.3 Å². The maximum atomic E-state index is 12.4. The summed E-state index contributed by atoms with van der Waals surface area (Å²) in [7, 11) is 0. The van der Waals surface area contributed by atoms with Crippen LogP contribution in [0.5, 0.6) is 11.5 Å². The highest BCUT2D eigenvalue weighted by atomic mass is 16.5. The van der Waals surface area contributed by atoms with E-state index in [1.807, 2.05) is 51.1 Å². The van der Waals surface area contributed by atoms with Gasteiger partial charge in [0.25, 0.3) is 5.91 Å². The zero-order chi connectivity index (χ0) is 20.7. The number of nitrogens with one attached hydrogen (secondary N) is 1. The third kappa shape index (κ3) is 6.29. The van der Waals surface area contributed by atoms with Gasteiger partial charge in [0.1, 0.15) is 18.1 Å². The van der Waals surface area contributed by atoms with Crippen molar-refractivity contribution in [3.05, 3.63) is 59.2 Å². The lowest BCUT2D eigenvalue weighted by molar-refractivity contribution is -0.128. The fourth-order valence-corrected chi connectivity index (χ4v) is 2.82. The van der Waals surface area contributed by atoms with Crippen molar-refractivity contribution in [3.63, 3.8) is 0 Å². The molecule has 2 aromatic carbocycles. The molecule has 0 heterocycles. The lowest BCUT2D eigenvalue weighted by atomic mass is 9.87. The first kappa shape index (κ1) is 21.8. The molecule has 0 aromatic heterocycles. The molecule has 1 atom stereocenters. The monoisotopic (exact) mass is 383 g/mol. The Hall–Kier alpha value is -2.49. The number of benzene rings is 2. The maximum Gasteiger partial charge on any atom is 0.261 e. The minimum Gasteiger partial charge on any atom is -0.492 e. The van der Waals surface area contributed by atoms with E-state index in [2.05, 4.69) is 38.2 Å². The Kier molecular flexibility index (Phi) is 7.50. The molecule has 2 rings (SSSR count). The molecule has 0 aliphatic heterocycles. The summed E-state index contributed by atoms with van der Waals surface area (Å²) in [4.78, 5) is 12.4. The fraction of sp³-hybridized carbons (Fsp3) is 0.458. The van der Waals surface area contributed by atoms with Crippen LogP contribution < -0.4 is 14.8 Å². The number of ether oxygens (including phenoxy) is 2. The van der Waals surface area contributed by atoms with E-state index in [0.717, 1.165) is 22.6 Å². The van der Waals surface area contributed by atoms with Gasteiger partial charge in [0.05, 0.1) is 6.54 Å². The topological polar surface area (TPSA) is 47.6 Å². The number of rotatable bonds is 8. The number of aryl methyl sites for hydroxylation is 2. The molecule has 0 saturated heterocycles. The van der Waals surface area contributed by atoms with Gasteiger partial charge in [-0.1, -0.05) is 52.0 Å². The van der Waals surface area contributed by atoms with Crippen LogP contribution in [0.2, 0.25) is 0 Å². The van der Waals surface area contributed by atoms with Gasteiger partial charge in [-0.3, -0.25) is 4.79 Å². The second-order valence-corrected chi connectivity index (χ2v) is 8.20. The molecule has 0 unspecified atom stereocenters. The summed E-state index contributed by atoms with van der Waals surface area (Å²) in [5.74, 6) is 1.45. The number of hydrogen-bond donors (Lipinski definition) is 1. The first-order chi connectivity index (χ1) is 13.2. The van der Waals surface area contributed by atoms with E-state index in [9.17, 15) is 4.79 Å². The molecule has 28 heavy (non-hydrogen) atoms. The summed E-state index contributed by atoms with van der Waals surface area (Å²) >= 11 is 0. The molecule has 1 N–H and O–H groups in total. The van der Waals surface area contributed by atoms with Crippen molar-refractivity contribution in [2.24, 2.45) is 0 Å². The van der Waals surface area contributed by atoms with Crippen LogP contribution >= 0.6 is 0 Å². The van der Waals surface area contributed by atoms with Gasteiger partial charge in [-0.25, -0.2) is 0 Å². The standard InChI is InChI=1S/C24H33NO3/c1-7-21(28-22-16-17(2)8-9-18(22)3)23(26)25-14-15-27-20-12-10-19(11-13-20)24(4,5)6/h8-13,16,21H,7,14-15H2,1-6H3,(H,25,26)/t21-/m0/s1. The Morgan fingerprint density at radius 3 is 2.36 bits per heavy atom. The van der Waals surface area contributed by atoms with E-state index >= 15 is 0 Å². The molecule has 4 heteroatoms. The predicted molar refractivity (Wildman–Crippen MR) is 114 cm³/mol. The Morgan fingerprint density at radius 2 is 1.75 bits per heavy atom. The first-order valence-electron chi connectivity index (χ1n) is 9.95. The van der Waals surface area contributed by atoms with E-state index in [0.29, 0.717) is 19.6 Å². The van der Waals surface area contributed by atoms with Crippen molar-refractivity contribution in [2.45, 2.75) is 59.5 Å². The summed E-state index contributed by atoms with van der Waals surface area (Å²) in [6, 6.07) is 14.1. The van der Waals surface area contributed by atoms with E-state index in [1.165, 1.54) is 5.56 Å². The van der Waals surface area contributed by atoms with E-state index < -0.39 is 6.10 Å². The van der Waals surface area contributed by atoms with Crippen LogP contribution in [0.25, 0.3) is 0 Å². The number of carbonyl (C=O) groups excluding carboxylic acids is 1. The molecular formula is C24H33NO3. The van der Waals surface area contributed by atoms with Gasteiger partial charge in [0.15, 0.2) is 6.10 Å². The molecule has 0 spiro atoms. The highest BCUT2D eigenvalue weighted by molar-refractivity contribution is 5.81. The second kappa shape index (κ2) is 9.63. The van der Waals surface area contributed by atoms with Crippen molar-refractivity contribution >= 4 is 5.91 Å². The average molecular weight is 384 g/mol. The highest BCUT2D eigenvalue weighted by Gasteiger charge is 2.19. The molecule has 0 fully saturated rings. The molecule has 0 saturated carbocycles. The number of carbonyl (C=O) groups is 1. The minimum absolute atomic E-state index is 0.116. The first-order valence-corrected chi connectivity index (χ1v) is 9.95. The van der Waals surface area contributed by atoms with Crippen LogP contribution in [0.15, 0.2) is 42.5 Å². The van der Waals surface area contributed by atoms with Crippen molar-refractivity contribution in [2.75, 3.05) is 13.2 Å². The van der Waals surface area contributed by atoms with E-state index in [4.69, 9.17) is 9.47 Å². The minimum atomic E-state index is -0.508. The zero-order valence-corrected chi connectivity index (χ0v) is 18.0. The lowest BCUT2D eigenvalue weighted by Crippen LogP contribution is -2.39. The smallest absolute Gasteiger partial charge is 0.261 e. The molecule has 0 aliphatic rings. The van der Waals surface area contributed by atoms with Gasteiger partial charge in [0.2, 0.25) is 0 Å². The Balaban J connectivity index is 1.81. The molecule has 1 amide bonds. The highest BCUT2D eigenvalue weighted by Crippen LogP contribution is 2.24. The molecular weight excluding hydrogens is 350 g/mol. The van der Waals surface area contributed by atoms with Crippen molar-refractivity contribution in [3.8, 4) is 11.5 Å². The third-order valence-corrected chi connectivity index (χ3v) is 4.67. The SMILES string of the molecule is CC[C@H](Oc1cc(C)ccc1C)C(=O)NCCOc1ccc(C(C)(C)C)cc1. The van der Waals surface area contributed by atoms with Crippen LogP contribution in [0.4, 0.5) is 0 Å². The largest absolute Gasteiger partial charge is 0.492 e. The second-order valence-electron chi connectivity index (χ2n) is 8.20. The predicted octanol–water partition coefficient (Wildman–Crippen LogP) is 4.95. The van der Waals surface area contributed by atoms with E-state index in [1.54, 1.807) is 0 Å². The molecule has 2 aromatic rings. The summed E-state index contributed by atoms with van der Waals surface area (Å²) < 4.78 is 11.7. The van der Waals surface area contributed by atoms with Crippen LogP contribution in [-0.2, 0) is 10.2 Å². The normalized spacial score (nSPS) is 12.4. The summed E-state index contributed by atoms with van der Waals surface area (Å²) in [5.41, 5.74) is 3.53. The quantitative estimate of drug-likeness (QED) is 0.656. The van der Waals surface area contributed by atoms with Crippen molar-refractivity contribution in [1.29, 1.82) is 0 Å². The molecule has 0 bridgehead atoms. The molecule has 0 aliphatic carbocycles. The van der Waals surface area contributed by atoms with Crippen molar-refractivity contribution in [1.82, 2.24) is 5.32 Å². The zero-order valence-electron chi connectivity index (χ0n) is 18.0. The summed E-state index contributed by atoms with van der Waals surface area (Å²) in [6.07, 6.45) is 0.0977. The van der Waals surface area contributed by atoms with Gasteiger partial charge in [-0.15, -0.1) is 0 Å². The van der Waals surface area contributed by atoms with Crippen LogP contribution in [0.1, 0.15) is 50.8 Å². The van der Waals surface area contributed by atoms with Gasteiger partial charge < -0.3 is 14.8 Å². The van der Waals surface area contributed by atoms with Gasteiger partial charge in [-0.2, -0.15) is 0 Å². The lowest BCUT2D eigenvalue weighted by Gasteiger charge is -2.20. The van der Waals surface area contributed by atoms with Crippen LogP contribution in [0, 0.1) is 13.8 Å². The maximum absolute atomic E-state index is 12.4. The number of hydrogen-bond acceptors (Lipinski definition) is 3. The molecule has 4 nitrogen and oxygen atoms in total. The number of amides is 1. The Labute approximate surface area is 169 Å². The Bertz CT molecular complexity index is 775.